The third-order valence-electron chi connectivity index (χ3n) is 3.85. The lowest BCUT2D eigenvalue weighted by molar-refractivity contribution is -0.128. The van der Waals surface area contributed by atoms with Gasteiger partial charge in [0, 0.05) is 31.9 Å². The van der Waals surface area contributed by atoms with Crippen molar-refractivity contribution >= 4 is 17.5 Å². The zero-order valence-electron chi connectivity index (χ0n) is 14.1. The Morgan fingerprint density at radius 1 is 1.29 bits per heavy atom. The van der Waals surface area contributed by atoms with Crippen molar-refractivity contribution in [2.45, 2.75) is 18.5 Å². The van der Waals surface area contributed by atoms with E-state index in [9.17, 15) is 9.59 Å². The van der Waals surface area contributed by atoms with Gasteiger partial charge in [-0.25, -0.2) is 0 Å². The summed E-state index contributed by atoms with van der Waals surface area (Å²) in [4.78, 5) is 26.1. The second-order valence-electron chi connectivity index (χ2n) is 5.47. The Balaban J connectivity index is 2.10. The van der Waals surface area contributed by atoms with E-state index in [1.165, 1.54) is 7.11 Å². The lowest BCUT2D eigenvalue weighted by Gasteiger charge is -2.19. The molecule has 0 saturated carbocycles. The third-order valence-corrected chi connectivity index (χ3v) is 3.85. The van der Waals surface area contributed by atoms with E-state index < -0.39 is 18.0 Å². The van der Waals surface area contributed by atoms with Gasteiger partial charge in [-0.15, -0.1) is 0 Å². The topological polar surface area (TPSA) is 103 Å². The van der Waals surface area contributed by atoms with E-state index in [2.05, 4.69) is 5.32 Å². The van der Waals surface area contributed by atoms with Crippen LogP contribution < -0.4 is 25.4 Å². The lowest BCUT2D eigenvalue weighted by Crippen LogP contribution is -2.49. The Morgan fingerprint density at radius 2 is 1.92 bits per heavy atom. The van der Waals surface area contributed by atoms with Crippen molar-refractivity contribution in [3.05, 3.63) is 18.2 Å². The van der Waals surface area contributed by atoms with Crippen LogP contribution in [0.15, 0.2) is 18.2 Å². The van der Waals surface area contributed by atoms with Crippen molar-refractivity contribution in [1.82, 2.24) is 5.32 Å². The maximum atomic E-state index is 12.6. The van der Waals surface area contributed by atoms with Gasteiger partial charge in [0.1, 0.15) is 23.6 Å². The number of benzene rings is 1. The van der Waals surface area contributed by atoms with Gasteiger partial charge in [0.15, 0.2) is 0 Å². The van der Waals surface area contributed by atoms with Gasteiger partial charge in [-0.05, 0) is 6.42 Å². The summed E-state index contributed by atoms with van der Waals surface area (Å²) in [6, 6.07) is 3.83. The summed E-state index contributed by atoms with van der Waals surface area (Å²) in [6.45, 7) is 0.586. The SMILES string of the molecule is COCC(N)C(=O)NC1CCN(c2cc(OC)cc(OC)c2)C1=O. The van der Waals surface area contributed by atoms with Crippen LogP contribution in [0.4, 0.5) is 5.69 Å². The molecule has 0 bridgehead atoms. The van der Waals surface area contributed by atoms with Crippen molar-refractivity contribution < 1.29 is 23.8 Å². The number of hydrogen-bond acceptors (Lipinski definition) is 6. The highest BCUT2D eigenvalue weighted by Gasteiger charge is 2.34. The number of methoxy groups -OCH3 is 3. The van der Waals surface area contributed by atoms with Gasteiger partial charge >= 0.3 is 0 Å². The van der Waals surface area contributed by atoms with Crippen molar-refractivity contribution in [3.8, 4) is 11.5 Å². The standard InChI is InChI=1S/C16H23N3O5/c1-22-9-13(17)15(20)18-14-4-5-19(16(14)21)10-6-11(23-2)8-12(7-10)24-3/h6-8,13-14H,4-5,9,17H2,1-3H3,(H,18,20). The second kappa shape index (κ2) is 7.98. The Labute approximate surface area is 140 Å². The summed E-state index contributed by atoms with van der Waals surface area (Å²) in [5.41, 5.74) is 6.34. The number of amides is 2. The zero-order valence-corrected chi connectivity index (χ0v) is 14.1. The fraction of sp³-hybridized carbons (Fsp3) is 0.500. The van der Waals surface area contributed by atoms with Crippen LogP contribution in [-0.2, 0) is 14.3 Å². The molecular weight excluding hydrogens is 314 g/mol. The first-order valence-corrected chi connectivity index (χ1v) is 7.59. The third kappa shape index (κ3) is 3.95. The number of carbonyl (C=O) groups is 2. The summed E-state index contributed by atoms with van der Waals surface area (Å²) in [6.07, 6.45) is 0.504. The second-order valence-corrected chi connectivity index (χ2v) is 5.47. The molecule has 8 heteroatoms. The van der Waals surface area contributed by atoms with Gasteiger partial charge in [-0.2, -0.15) is 0 Å². The molecule has 24 heavy (non-hydrogen) atoms. The molecule has 1 aliphatic rings. The molecule has 2 atom stereocenters. The predicted molar refractivity (Wildman–Crippen MR) is 88.3 cm³/mol. The smallest absolute Gasteiger partial charge is 0.249 e. The molecule has 8 nitrogen and oxygen atoms in total. The lowest BCUT2D eigenvalue weighted by atomic mass is 10.2. The van der Waals surface area contributed by atoms with E-state index in [1.54, 1.807) is 37.3 Å². The quantitative estimate of drug-likeness (QED) is 0.720. The fourth-order valence-electron chi connectivity index (χ4n) is 2.55. The van der Waals surface area contributed by atoms with Crippen molar-refractivity contribution in [2.24, 2.45) is 5.73 Å². The molecule has 1 saturated heterocycles. The number of rotatable bonds is 7. The predicted octanol–water partition coefficient (Wildman–Crippen LogP) is -0.101. The molecule has 1 fully saturated rings. The van der Waals surface area contributed by atoms with Crippen LogP contribution in [0.3, 0.4) is 0 Å². The molecule has 1 aliphatic heterocycles. The number of nitrogens with two attached hydrogens (primary N) is 1. The summed E-state index contributed by atoms with van der Waals surface area (Å²) < 4.78 is 15.3. The Morgan fingerprint density at radius 3 is 2.46 bits per heavy atom. The monoisotopic (exact) mass is 337 g/mol. The van der Waals surface area contributed by atoms with Crippen LogP contribution in [0.1, 0.15) is 6.42 Å². The summed E-state index contributed by atoms with van der Waals surface area (Å²) in [7, 11) is 4.56. The van der Waals surface area contributed by atoms with E-state index >= 15 is 0 Å². The first kappa shape index (κ1) is 18.0. The highest BCUT2D eigenvalue weighted by atomic mass is 16.5. The van der Waals surface area contributed by atoms with Crippen LogP contribution >= 0.6 is 0 Å². The van der Waals surface area contributed by atoms with Crippen molar-refractivity contribution in [3.63, 3.8) is 0 Å². The minimum Gasteiger partial charge on any atom is -0.497 e. The van der Waals surface area contributed by atoms with E-state index in [1.807, 2.05) is 0 Å². The molecule has 132 valence electrons. The maximum absolute atomic E-state index is 12.6. The van der Waals surface area contributed by atoms with E-state index in [0.717, 1.165) is 0 Å². The van der Waals surface area contributed by atoms with Crippen molar-refractivity contribution in [2.75, 3.05) is 39.4 Å². The Kier molecular flexibility index (Phi) is 5.99. The largest absolute Gasteiger partial charge is 0.497 e. The summed E-state index contributed by atoms with van der Waals surface area (Å²) in [5.74, 6) is 0.585. The van der Waals surface area contributed by atoms with Crippen LogP contribution in [0, 0.1) is 0 Å². The average molecular weight is 337 g/mol. The molecule has 0 aromatic heterocycles. The molecule has 3 N–H and O–H groups in total. The summed E-state index contributed by atoms with van der Waals surface area (Å²) in [5, 5.41) is 2.67. The van der Waals surface area contributed by atoms with Gasteiger partial charge in [0.05, 0.1) is 26.5 Å². The number of nitrogens with one attached hydrogen (secondary N) is 1. The van der Waals surface area contributed by atoms with Gasteiger partial charge in [0.2, 0.25) is 11.8 Å². The first-order valence-electron chi connectivity index (χ1n) is 7.59. The number of nitrogens with zero attached hydrogens (tertiary/aromatic N) is 1. The molecule has 0 radical (unpaired) electrons. The molecule has 1 aromatic rings. The number of carbonyl (C=O) groups excluding carboxylic acids is 2. The number of hydrogen-bond donors (Lipinski definition) is 2. The molecule has 2 amide bonds. The minimum atomic E-state index is -0.797. The molecule has 1 heterocycles. The summed E-state index contributed by atoms with van der Waals surface area (Å²) >= 11 is 0. The van der Waals surface area contributed by atoms with Crippen molar-refractivity contribution in [1.29, 1.82) is 0 Å². The molecule has 1 aromatic carbocycles. The molecular formula is C16H23N3O5. The normalized spacial score (nSPS) is 18.4. The van der Waals surface area contributed by atoms with Crippen LogP contribution in [0.5, 0.6) is 11.5 Å². The number of anilines is 1. The molecule has 2 unspecified atom stereocenters. The first-order chi connectivity index (χ1) is 11.5. The highest BCUT2D eigenvalue weighted by molar-refractivity contribution is 6.02. The molecule has 2 rings (SSSR count). The van der Waals surface area contributed by atoms with Gasteiger partial charge in [0.25, 0.3) is 0 Å². The molecule has 0 spiro atoms. The van der Waals surface area contributed by atoms with Crippen LogP contribution in [-0.4, -0.2) is 58.4 Å². The van der Waals surface area contributed by atoms with Crippen LogP contribution in [0.2, 0.25) is 0 Å². The van der Waals surface area contributed by atoms with Crippen LogP contribution in [0.25, 0.3) is 0 Å². The minimum absolute atomic E-state index is 0.101. The van der Waals surface area contributed by atoms with Gasteiger partial charge in [-0.1, -0.05) is 0 Å². The van der Waals surface area contributed by atoms with E-state index in [0.29, 0.717) is 30.2 Å². The fourth-order valence-corrected chi connectivity index (χ4v) is 2.55. The Bertz CT molecular complexity index is 585. The van der Waals surface area contributed by atoms with Gasteiger partial charge in [-0.3, -0.25) is 9.59 Å². The zero-order chi connectivity index (χ0) is 17.7. The maximum Gasteiger partial charge on any atom is 0.249 e. The molecule has 0 aliphatic carbocycles. The van der Waals surface area contributed by atoms with Gasteiger partial charge < -0.3 is 30.2 Å². The van der Waals surface area contributed by atoms with E-state index in [-0.39, 0.29) is 12.5 Å². The Hall–Kier alpha value is -2.32. The highest BCUT2D eigenvalue weighted by Crippen LogP contribution is 2.30. The number of ether oxygens (including phenoxy) is 3. The van der Waals surface area contributed by atoms with E-state index in [4.69, 9.17) is 19.9 Å². The average Bonchev–Trinajstić information content (AvgIpc) is 2.95.